The van der Waals surface area contributed by atoms with Crippen LogP contribution in [0.2, 0.25) is 0 Å². The van der Waals surface area contributed by atoms with E-state index in [1.165, 1.54) is 43.1 Å². The summed E-state index contributed by atoms with van der Waals surface area (Å²) in [5.74, 6) is 1.10. The van der Waals surface area contributed by atoms with Gasteiger partial charge in [0.15, 0.2) is 0 Å². The lowest BCUT2D eigenvalue weighted by molar-refractivity contribution is 0.253. The minimum Gasteiger partial charge on any atom is -0.459 e. The highest BCUT2D eigenvalue weighted by Gasteiger charge is 2.32. The molecule has 2 aromatic rings. The Morgan fingerprint density at radius 2 is 1.95 bits per heavy atom. The van der Waals surface area contributed by atoms with Crippen LogP contribution in [-0.4, -0.2) is 6.54 Å². The van der Waals surface area contributed by atoms with E-state index in [4.69, 9.17) is 4.42 Å². The molecule has 1 saturated carbocycles. The Balaban J connectivity index is 1.75. The smallest absolute Gasteiger partial charge is 0.134 e. The number of nitrogens with one attached hydrogen (secondary N) is 1. The summed E-state index contributed by atoms with van der Waals surface area (Å²) in [6, 6.07) is 8.61. The highest BCUT2D eigenvalue weighted by atomic mass is 16.3. The summed E-state index contributed by atoms with van der Waals surface area (Å²) in [7, 11) is 0. The number of fused-ring (bicyclic) bond motifs is 1. The van der Waals surface area contributed by atoms with Gasteiger partial charge in [0.05, 0.1) is 6.04 Å². The Kier molecular flexibility index (Phi) is 4.08. The summed E-state index contributed by atoms with van der Waals surface area (Å²) in [6.07, 6.45) is 6.83. The Morgan fingerprint density at radius 1 is 1.24 bits per heavy atom. The molecule has 1 aromatic carbocycles. The van der Waals surface area contributed by atoms with Gasteiger partial charge in [0, 0.05) is 11.9 Å². The number of para-hydroxylation sites is 1. The van der Waals surface area contributed by atoms with Gasteiger partial charge in [-0.05, 0) is 50.2 Å². The molecule has 1 fully saturated rings. The van der Waals surface area contributed by atoms with E-state index in [0.717, 1.165) is 17.9 Å². The number of hydrogen-bond acceptors (Lipinski definition) is 2. The molecule has 1 aromatic heterocycles. The third-order valence-electron chi connectivity index (χ3n) is 5.47. The highest BCUT2D eigenvalue weighted by molar-refractivity contribution is 5.82. The maximum Gasteiger partial charge on any atom is 0.134 e. The zero-order valence-corrected chi connectivity index (χ0v) is 13.5. The number of furan rings is 1. The largest absolute Gasteiger partial charge is 0.459 e. The van der Waals surface area contributed by atoms with Crippen molar-refractivity contribution in [2.75, 3.05) is 6.54 Å². The first-order valence-corrected chi connectivity index (χ1v) is 8.37. The molecule has 0 amide bonds. The molecule has 1 aliphatic carbocycles. The predicted octanol–water partition coefficient (Wildman–Crippen LogP) is 5.36. The van der Waals surface area contributed by atoms with Crippen molar-refractivity contribution in [3.05, 3.63) is 35.6 Å². The van der Waals surface area contributed by atoms with E-state index >= 15 is 0 Å². The monoisotopic (exact) mass is 285 g/mol. The van der Waals surface area contributed by atoms with Gasteiger partial charge in [-0.15, -0.1) is 0 Å². The molecule has 3 rings (SSSR count). The standard InChI is InChI=1S/C19H27NO/c1-4-19(11-7-8-12-19)13-20-15(3)18-14(2)16-9-5-6-10-17(16)21-18/h5-6,9-10,15,20H,4,7-8,11-13H2,1-3H3. The van der Waals surface area contributed by atoms with Crippen LogP contribution in [0.5, 0.6) is 0 Å². The van der Waals surface area contributed by atoms with Crippen molar-refractivity contribution in [2.45, 2.75) is 58.9 Å². The van der Waals surface area contributed by atoms with E-state index in [1.807, 2.05) is 6.07 Å². The van der Waals surface area contributed by atoms with Gasteiger partial charge in [-0.1, -0.05) is 38.0 Å². The summed E-state index contributed by atoms with van der Waals surface area (Å²) < 4.78 is 6.08. The normalized spacial score (nSPS) is 19.2. The molecule has 1 N–H and O–H groups in total. The van der Waals surface area contributed by atoms with Gasteiger partial charge >= 0.3 is 0 Å². The van der Waals surface area contributed by atoms with E-state index in [2.05, 4.69) is 44.3 Å². The fraction of sp³-hybridized carbons (Fsp3) is 0.579. The summed E-state index contributed by atoms with van der Waals surface area (Å²) in [5, 5.41) is 4.98. The summed E-state index contributed by atoms with van der Waals surface area (Å²) >= 11 is 0. The molecule has 0 spiro atoms. The average Bonchev–Trinajstić information content (AvgIpc) is 3.11. The van der Waals surface area contributed by atoms with Crippen molar-refractivity contribution in [2.24, 2.45) is 5.41 Å². The molecule has 0 saturated heterocycles. The van der Waals surface area contributed by atoms with Crippen molar-refractivity contribution < 1.29 is 4.42 Å². The minimum absolute atomic E-state index is 0.279. The van der Waals surface area contributed by atoms with Crippen molar-refractivity contribution >= 4 is 11.0 Å². The Labute approximate surface area is 127 Å². The van der Waals surface area contributed by atoms with Crippen molar-refractivity contribution in [1.29, 1.82) is 0 Å². The van der Waals surface area contributed by atoms with Gasteiger partial charge < -0.3 is 9.73 Å². The van der Waals surface area contributed by atoms with E-state index < -0.39 is 0 Å². The maximum absolute atomic E-state index is 6.08. The van der Waals surface area contributed by atoms with Gasteiger partial charge in [0.1, 0.15) is 11.3 Å². The van der Waals surface area contributed by atoms with E-state index in [1.54, 1.807) is 0 Å². The average molecular weight is 285 g/mol. The van der Waals surface area contributed by atoms with Gasteiger partial charge in [-0.25, -0.2) is 0 Å². The number of benzene rings is 1. The fourth-order valence-electron chi connectivity index (χ4n) is 3.85. The van der Waals surface area contributed by atoms with Gasteiger partial charge in [-0.2, -0.15) is 0 Å². The van der Waals surface area contributed by atoms with Crippen LogP contribution in [0.1, 0.15) is 63.3 Å². The summed E-state index contributed by atoms with van der Waals surface area (Å²) in [4.78, 5) is 0. The molecular weight excluding hydrogens is 258 g/mol. The number of hydrogen-bond donors (Lipinski definition) is 1. The molecule has 1 atom stereocenters. The first-order valence-electron chi connectivity index (χ1n) is 8.37. The van der Waals surface area contributed by atoms with Gasteiger partial charge in [-0.3, -0.25) is 0 Å². The SMILES string of the molecule is CCC1(CNC(C)c2oc3ccccc3c2C)CCCC1. The molecule has 1 unspecified atom stereocenters. The van der Waals surface area contributed by atoms with E-state index in [-0.39, 0.29) is 6.04 Å². The van der Waals surface area contributed by atoms with E-state index in [0.29, 0.717) is 5.41 Å². The first kappa shape index (κ1) is 14.6. The number of rotatable bonds is 5. The second-order valence-electron chi connectivity index (χ2n) is 6.75. The van der Waals surface area contributed by atoms with Crippen LogP contribution in [0.3, 0.4) is 0 Å². The zero-order valence-electron chi connectivity index (χ0n) is 13.5. The highest BCUT2D eigenvalue weighted by Crippen LogP contribution is 2.41. The molecule has 1 aliphatic rings. The van der Waals surface area contributed by atoms with Crippen molar-refractivity contribution in [1.82, 2.24) is 5.32 Å². The Morgan fingerprint density at radius 3 is 2.62 bits per heavy atom. The molecule has 0 radical (unpaired) electrons. The molecule has 2 nitrogen and oxygen atoms in total. The Bertz CT molecular complexity index is 607. The topological polar surface area (TPSA) is 25.2 Å². The predicted molar refractivity (Wildman–Crippen MR) is 88.6 cm³/mol. The van der Waals surface area contributed by atoms with Crippen molar-refractivity contribution in [3.8, 4) is 0 Å². The van der Waals surface area contributed by atoms with Crippen LogP contribution < -0.4 is 5.32 Å². The quantitative estimate of drug-likeness (QED) is 0.799. The van der Waals surface area contributed by atoms with Crippen LogP contribution in [0.15, 0.2) is 28.7 Å². The van der Waals surface area contributed by atoms with Crippen LogP contribution in [0, 0.1) is 12.3 Å². The summed E-state index contributed by atoms with van der Waals surface area (Å²) in [5.41, 5.74) is 2.81. The second kappa shape index (κ2) is 5.84. The third kappa shape index (κ3) is 2.74. The lowest BCUT2D eigenvalue weighted by Crippen LogP contribution is -2.33. The molecular formula is C19H27NO. The van der Waals surface area contributed by atoms with Crippen molar-refractivity contribution in [3.63, 3.8) is 0 Å². The molecule has 21 heavy (non-hydrogen) atoms. The summed E-state index contributed by atoms with van der Waals surface area (Å²) in [6.45, 7) is 7.85. The molecule has 1 heterocycles. The number of aryl methyl sites for hydroxylation is 1. The van der Waals surface area contributed by atoms with E-state index in [9.17, 15) is 0 Å². The molecule has 0 aliphatic heterocycles. The molecule has 0 bridgehead atoms. The lowest BCUT2D eigenvalue weighted by Gasteiger charge is -2.29. The minimum atomic E-state index is 0.279. The van der Waals surface area contributed by atoms with Gasteiger partial charge in [0.2, 0.25) is 0 Å². The van der Waals surface area contributed by atoms with Crippen LogP contribution in [-0.2, 0) is 0 Å². The van der Waals surface area contributed by atoms with Gasteiger partial charge in [0.25, 0.3) is 0 Å². The fourth-order valence-corrected chi connectivity index (χ4v) is 3.85. The maximum atomic E-state index is 6.08. The van der Waals surface area contributed by atoms with Crippen LogP contribution in [0.25, 0.3) is 11.0 Å². The second-order valence-corrected chi connectivity index (χ2v) is 6.75. The molecule has 2 heteroatoms. The zero-order chi connectivity index (χ0) is 14.9. The van der Waals surface area contributed by atoms with Crippen LogP contribution >= 0.6 is 0 Å². The third-order valence-corrected chi connectivity index (χ3v) is 5.47. The lowest BCUT2D eigenvalue weighted by atomic mass is 9.83. The first-order chi connectivity index (χ1) is 10.2. The Hall–Kier alpha value is -1.28. The molecule has 114 valence electrons. The van der Waals surface area contributed by atoms with Crippen LogP contribution in [0.4, 0.5) is 0 Å².